The maximum absolute atomic E-state index is 4.16. The highest BCUT2D eigenvalue weighted by Gasteiger charge is 2.17. The van der Waals surface area contributed by atoms with E-state index in [1.165, 1.54) is 29.6 Å². The maximum Gasteiger partial charge on any atom is 0.0346 e. The lowest BCUT2D eigenvalue weighted by Crippen LogP contribution is -1.98. The van der Waals surface area contributed by atoms with Crippen molar-refractivity contribution < 1.29 is 0 Å². The summed E-state index contributed by atoms with van der Waals surface area (Å²) in [6, 6.07) is 4.08. The molecule has 0 amide bonds. The third-order valence-electron chi connectivity index (χ3n) is 2.70. The molecule has 1 saturated carbocycles. The molecular formula is C13H16N2. The van der Waals surface area contributed by atoms with Crippen LogP contribution in [0.15, 0.2) is 41.9 Å². The fraction of sp³-hybridized carbons (Fsp3) is 0.308. The van der Waals surface area contributed by atoms with E-state index in [0.717, 1.165) is 0 Å². The predicted octanol–water partition coefficient (Wildman–Crippen LogP) is 2.75. The second-order valence-electron chi connectivity index (χ2n) is 3.82. The molecule has 1 fully saturated rings. The molecule has 1 heterocycles. The van der Waals surface area contributed by atoms with Gasteiger partial charge in [0.05, 0.1) is 0 Å². The lowest BCUT2D eigenvalue weighted by Gasteiger charge is -2.07. The van der Waals surface area contributed by atoms with Gasteiger partial charge in [0, 0.05) is 36.8 Å². The van der Waals surface area contributed by atoms with Crippen LogP contribution < -0.4 is 5.32 Å². The molecule has 15 heavy (non-hydrogen) atoms. The average molecular weight is 200 g/mol. The second-order valence-corrected chi connectivity index (χ2v) is 3.82. The van der Waals surface area contributed by atoms with Crippen molar-refractivity contribution in [3.05, 3.63) is 47.4 Å². The van der Waals surface area contributed by atoms with Gasteiger partial charge in [-0.25, -0.2) is 0 Å². The molecule has 0 saturated heterocycles. The molecular weight excluding hydrogens is 184 g/mol. The smallest absolute Gasteiger partial charge is 0.0346 e. The highest BCUT2D eigenvalue weighted by atomic mass is 14.8. The Morgan fingerprint density at radius 1 is 1.47 bits per heavy atom. The molecule has 1 aromatic rings. The van der Waals surface area contributed by atoms with Crippen molar-refractivity contribution in [2.24, 2.45) is 0 Å². The van der Waals surface area contributed by atoms with E-state index in [1.807, 2.05) is 19.3 Å². The SMILES string of the molecule is CN/C=C(\C(C)=C1CC1)c1cccnc1. The van der Waals surface area contributed by atoms with Crippen molar-refractivity contribution in [3.8, 4) is 0 Å². The van der Waals surface area contributed by atoms with Gasteiger partial charge in [-0.2, -0.15) is 0 Å². The van der Waals surface area contributed by atoms with Crippen LogP contribution in [0.2, 0.25) is 0 Å². The topological polar surface area (TPSA) is 24.9 Å². The van der Waals surface area contributed by atoms with Crippen molar-refractivity contribution in [2.75, 3.05) is 7.05 Å². The number of aromatic nitrogens is 1. The predicted molar refractivity (Wildman–Crippen MR) is 63.2 cm³/mol. The zero-order chi connectivity index (χ0) is 10.7. The number of pyridine rings is 1. The molecule has 1 N–H and O–H groups in total. The lowest BCUT2D eigenvalue weighted by atomic mass is 10.0. The lowest BCUT2D eigenvalue weighted by molar-refractivity contribution is 1.10. The minimum absolute atomic E-state index is 1.18. The third kappa shape index (κ3) is 2.27. The minimum atomic E-state index is 1.18. The average Bonchev–Trinajstić information content (AvgIpc) is 3.10. The Morgan fingerprint density at radius 2 is 2.27 bits per heavy atom. The van der Waals surface area contributed by atoms with E-state index in [1.54, 1.807) is 11.8 Å². The van der Waals surface area contributed by atoms with Crippen LogP contribution in [0, 0.1) is 0 Å². The van der Waals surface area contributed by atoms with Crippen molar-refractivity contribution >= 4 is 5.57 Å². The number of nitrogens with one attached hydrogen (secondary N) is 1. The van der Waals surface area contributed by atoms with Crippen LogP contribution in [-0.2, 0) is 0 Å². The zero-order valence-electron chi connectivity index (χ0n) is 9.25. The maximum atomic E-state index is 4.16. The van der Waals surface area contributed by atoms with Gasteiger partial charge in [0.15, 0.2) is 0 Å². The molecule has 0 spiro atoms. The molecule has 78 valence electrons. The Balaban J connectivity index is 2.37. The standard InChI is InChI=1S/C13H16N2/c1-10(11-5-6-11)13(9-14-2)12-4-3-7-15-8-12/h3-4,7-9,14H,5-6H2,1-2H3/b13-9+. The monoisotopic (exact) mass is 200 g/mol. The summed E-state index contributed by atoms with van der Waals surface area (Å²) in [5, 5.41) is 3.11. The van der Waals surface area contributed by atoms with Gasteiger partial charge in [-0.05, 0) is 31.4 Å². The van der Waals surface area contributed by atoms with Crippen LogP contribution in [0.25, 0.3) is 5.57 Å². The van der Waals surface area contributed by atoms with Crippen molar-refractivity contribution in [3.63, 3.8) is 0 Å². The van der Waals surface area contributed by atoms with Gasteiger partial charge in [0.2, 0.25) is 0 Å². The summed E-state index contributed by atoms with van der Waals surface area (Å²) < 4.78 is 0. The quantitative estimate of drug-likeness (QED) is 0.811. The van der Waals surface area contributed by atoms with E-state index in [2.05, 4.69) is 29.5 Å². The second kappa shape index (κ2) is 4.30. The first kappa shape index (κ1) is 9.97. The summed E-state index contributed by atoms with van der Waals surface area (Å²) in [4.78, 5) is 4.16. The molecule has 0 aromatic carbocycles. The molecule has 1 aliphatic rings. The van der Waals surface area contributed by atoms with Gasteiger partial charge in [0.25, 0.3) is 0 Å². The fourth-order valence-electron chi connectivity index (χ4n) is 1.70. The first-order valence-corrected chi connectivity index (χ1v) is 5.29. The van der Waals surface area contributed by atoms with E-state index in [0.29, 0.717) is 0 Å². The summed E-state index contributed by atoms with van der Waals surface area (Å²) in [7, 11) is 1.93. The Bertz CT molecular complexity index is 396. The first-order chi connectivity index (χ1) is 7.33. The van der Waals surface area contributed by atoms with Crippen molar-refractivity contribution in [1.82, 2.24) is 10.3 Å². The van der Waals surface area contributed by atoms with Crippen LogP contribution in [0.5, 0.6) is 0 Å². The number of rotatable bonds is 3. The highest BCUT2D eigenvalue weighted by molar-refractivity contribution is 5.79. The Kier molecular flexibility index (Phi) is 2.86. The molecule has 0 atom stereocenters. The van der Waals surface area contributed by atoms with Gasteiger partial charge in [-0.15, -0.1) is 0 Å². The number of nitrogens with zero attached hydrogens (tertiary/aromatic N) is 1. The molecule has 1 aromatic heterocycles. The molecule has 0 aliphatic heterocycles. The molecule has 2 heteroatoms. The van der Waals surface area contributed by atoms with Crippen molar-refractivity contribution in [1.29, 1.82) is 0 Å². The third-order valence-corrected chi connectivity index (χ3v) is 2.70. The highest BCUT2D eigenvalue weighted by Crippen LogP contribution is 2.37. The van der Waals surface area contributed by atoms with Crippen LogP contribution in [0.3, 0.4) is 0 Å². The van der Waals surface area contributed by atoms with Gasteiger partial charge >= 0.3 is 0 Å². The van der Waals surface area contributed by atoms with Gasteiger partial charge in [0.1, 0.15) is 0 Å². The molecule has 0 radical (unpaired) electrons. The van der Waals surface area contributed by atoms with Crippen molar-refractivity contribution in [2.45, 2.75) is 19.8 Å². The van der Waals surface area contributed by atoms with Crippen LogP contribution in [0.1, 0.15) is 25.3 Å². The zero-order valence-corrected chi connectivity index (χ0v) is 9.25. The van der Waals surface area contributed by atoms with E-state index < -0.39 is 0 Å². The number of allylic oxidation sites excluding steroid dienone is 3. The fourth-order valence-corrected chi connectivity index (χ4v) is 1.70. The van der Waals surface area contributed by atoms with Gasteiger partial charge < -0.3 is 5.32 Å². The molecule has 0 bridgehead atoms. The van der Waals surface area contributed by atoms with Crippen LogP contribution >= 0.6 is 0 Å². The summed E-state index contributed by atoms with van der Waals surface area (Å²) in [5.41, 5.74) is 5.42. The molecule has 2 rings (SSSR count). The van der Waals surface area contributed by atoms with E-state index in [4.69, 9.17) is 0 Å². The van der Waals surface area contributed by atoms with E-state index in [-0.39, 0.29) is 0 Å². The molecule has 2 nitrogen and oxygen atoms in total. The van der Waals surface area contributed by atoms with Crippen LogP contribution in [-0.4, -0.2) is 12.0 Å². The largest absolute Gasteiger partial charge is 0.393 e. The van der Waals surface area contributed by atoms with Crippen LogP contribution in [0.4, 0.5) is 0 Å². The number of hydrogen-bond donors (Lipinski definition) is 1. The van der Waals surface area contributed by atoms with E-state index in [9.17, 15) is 0 Å². The Hall–Kier alpha value is -1.57. The Morgan fingerprint density at radius 3 is 2.80 bits per heavy atom. The van der Waals surface area contributed by atoms with Gasteiger partial charge in [-0.1, -0.05) is 11.6 Å². The normalized spacial score (nSPS) is 15.1. The Labute approximate surface area is 90.7 Å². The summed E-state index contributed by atoms with van der Waals surface area (Å²) in [5.74, 6) is 0. The molecule has 1 aliphatic carbocycles. The van der Waals surface area contributed by atoms with E-state index >= 15 is 0 Å². The number of hydrogen-bond acceptors (Lipinski definition) is 2. The first-order valence-electron chi connectivity index (χ1n) is 5.29. The molecule has 0 unspecified atom stereocenters. The summed E-state index contributed by atoms with van der Waals surface area (Å²) in [6.45, 7) is 2.19. The summed E-state index contributed by atoms with van der Waals surface area (Å²) in [6.07, 6.45) is 8.29. The minimum Gasteiger partial charge on any atom is -0.393 e. The van der Waals surface area contributed by atoms with Gasteiger partial charge in [-0.3, -0.25) is 4.98 Å². The summed E-state index contributed by atoms with van der Waals surface area (Å²) >= 11 is 0.